The van der Waals surface area contributed by atoms with E-state index in [1.807, 2.05) is 0 Å². The normalized spacial score (nSPS) is 12.5. The van der Waals surface area contributed by atoms with Gasteiger partial charge < -0.3 is 19.7 Å². The molecule has 0 aromatic heterocycles. The average Bonchev–Trinajstić information content (AvgIpc) is 2.20. The van der Waals surface area contributed by atoms with Crippen LogP contribution in [-0.4, -0.2) is 36.6 Å². The fraction of sp³-hybridized carbons (Fsp3) is 0.455. The molecule has 1 aromatic carbocycles. The Kier molecular flexibility index (Phi) is 4.39. The van der Waals surface area contributed by atoms with Gasteiger partial charge in [0, 0.05) is 13.2 Å². The maximum atomic E-state index is 9.40. The van der Waals surface area contributed by atoms with Gasteiger partial charge in [-0.2, -0.15) is 0 Å². The summed E-state index contributed by atoms with van der Waals surface area (Å²) in [5.41, 5.74) is 0.791. The number of rotatable bonds is 5. The van der Waals surface area contributed by atoms with Crippen molar-refractivity contribution in [2.75, 3.05) is 20.3 Å². The topological polar surface area (TPSA) is 58.9 Å². The van der Waals surface area contributed by atoms with Crippen LogP contribution in [0.5, 0.6) is 11.5 Å². The molecule has 4 heteroatoms. The van der Waals surface area contributed by atoms with Crippen LogP contribution >= 0.6 is 0 Å². The maximum Gasteiger partial charge on any atom is 0.123 e. The van der Waals surface area contributed by atoms with E-state index in [0.717, 1.165) is 5.56 Å². The summed E-state index contributed by atoms with van der Waals surface area (Å²) in [4.78, 5) is 0. The lowest BCUT2D eigenvalue weighted by Gasteiger charge is -2.11. The summed E-state index contributed by atoms with van der Waals surface area (Å²) in [5, 5.41) is 18.7. The molecule has 84 valence electrons. The number of aromatic hydroxyl groups is 1. The number of hydrogen-bond acceptors (Lipinski definition) is 4. The fourth-order valence-electron chi connectivity index (χ4n) is 1.11. The minimum absolute atomic E-state index is 0.149. The zero-order chi connectivity index (χ0) is 11.3. The Hall–Kier alpha value is -1.26. The Morgan fingerprint density at radius 1 is 1.33 bits per heavy atom. The Bertz CT molecular complexity index is 311. The molecule has 0 aliphatic heterocycles. The first kappa shape index (κ1) is 11.8. The van der Waals surface area contributed by atoms with Gasteiger partial charge in [0.25, 0.3) is 0 Å². The first-order valence-corrected chi connectivity index (χ1v) is 4.73. The van der Waals surface area contributed by atoms with Gasteiger partial charge in [-0.3, -0.25) is 0 Å². The van der Waals surface area contributed by atoms with E-state index in [-0.39, 0.29) is 19.0 Å². The number of methoxy groups -OCH3 is 1. The van der Waals surface area contributed by atoms with Crippen LogP contribution in [0.1, 0.15) is 5.56 Å². The van der Waals surface area contributed by atoms with E-state index in [4.69, 9.17) is 9.47 Å². The van der Waals surface area contributed by atoms with Crippen LogP contribution in [0.3, 0.4) is 0 Å². The molecule has 0 spiro atoms. The van der Waals surface area contributed by atoms with E-state index in [9.17, 15) is 10.2 Å². The number of benzene rings is 1. The molecule has 0 heterocycles. The number of phenolic OH excluding ortho intramolecular Hbond substituents is 1. The largest absolute Gasteiger partial charge is 0.508 e. The fourth-order valence-corrected chi connectivity index (χ4v) is 1.11. The third kappa shape index (κ3) is 3.77. The molecule has 1 aromatic rings. The van der Waals surface area contributed by atoms with Crippen LogP contribution in [0.25, 0.3) is 0 Å². The lowest BCUT2D eigenvalue weighted by Crippen LogP contribution is -2.22. The highest BCUT2D eigenvalue weighted by Crippen LogP contribution is 2.22. The SMILES string of the molecule is COCC(O)COc1ccc(C)c(O)c1. The molecule has 1 rings (SSSR count). The van der Waals surface area contributed by atoms with Gasteiger partial charge in [0.15, 0.2) is 0 Å². The molecule has 0 saturated carbocycles. The number of aryl methyl sites for hydroxylation is 1. The van der Waals surface area contributed by atoms with Crippen molar-refractivity contribution in [3.8, 4) is 11.5 Å². The van der Waals surface area contributed by atoms with Crippen LogP contribution in [-0.2, 0) is 4.74 Å². The first-order valence-electron chi connectivity index (χ1n) is 4.73. The second kappa shape index (κ2) is 5.58. The van der Waals surface area contributed by atoms with Gasteiger partial charge in [0.05, 0.1) is 6.61 Å². The van der Waals surface area contributed by atoms with Crippen LogP contribution in [0.4, 0.5) is 0 Å². The summed E-state index contributed by atoms with van der Waals surface area (Å²) in [7, 11) is 1.51. The molecule has 15 heavy (non-hydrogen) atoms. The molecule has 0 radical (unpaired) electrons. The molecule has 0 saturated heterocycles. The summed E-state index contributed by atoms with van der Waals surface area (Å²) in [6, 6.07) is 5.02. The van der Waals surface area contributed by atoms with Crippen molar-refractivity contribution in [3.05, 3.63) is 23.8 Å². The molecule has 0 aliphatic rings. The molecule has 0 fully saturated rings. The van der Waals surface area contributed by atoms with Gasteiger partial charge in [0.1, 0.15) is 24.2 Å². The summed E-state index contributed by atoms with van der Waals surface area (Å²) in [6.45, 7) is 2.19. The molecule has 2 N–H and O–H groups in total. The summed E-state index contributed by atoms with van der Waals surface area (Å²) in [5.74, 6) is 0.724. The second-order valence-corrected chi connectivity index (χ2v) is 3.37. The lowest BCUT2D eigenvalue weighted by atomic mass is 10.2. The minimum Gasteiger partial charge on any atom is -0.508 e. The smallest absolute Gasteiger partial charge is 0.123 e. The number of ether oxygens (including phenoxy) is 2. The number of phenols is 1. The van der Waals surface area contributed by atoms with Crippen molar-refractivity contribution in [1.82, 2.24) is 0 Å². The highest BCUT2D eigenvalue weighted by Gasteiger charge is 2.05. The Labute approximate surface area is 89.1 Å². The monoisotopic (exact) mass is 212 g/mol. The maximum absolute atomic E-state index is 9.40. The predicted octanol–water partition coefficient (Wildman–Crippen LogP) is 1.09. The zero-order valence-corrected chi connectivity index (χ0v) is 8.93. The zero-order valence-electron chi connectivity index (χ0n) is 8.93. The van der Waals surface area contributed by atoms with Gasteiger partial charge in [-0.15, -0.1) is 0 Å². The van der Waals surface area contributed by atoms with E-state index in [0.29, 0.717) is 5.75 Å². The average molecular weight is 212 g/mol. The highest BCUT2D eigenvalue weighted by atomic mass is 16.5. The van der Waals surface area contributed by atoms with Gasteiger partial charge in [-0.05, 0) is 18.6 Å². The Morgan fingerprint density at radius 2 is 2.07 bits per heavy atom. The van der Waals surface area contributed by atoms with Crippen LogP contribution in [0, 0.1) is 6.92 Å². The van der Waals surface area contributed by atoms with Gasteiger partial charge in [-0.1, -0.05) is 6.07 Å². The van der Waals surface area contributed by atoms with Crippen molar-refractivity contribution in [2.24, 2.45) is 0 Å². The molecular weight excluding hydrogens is 196 g/mol. The molecule has 1 unspecified atom stereocenters. The van der Waals surface area contributed by atoms with E-state index in [2.05, 4.69) is 0 Å². The van der Waals surface area contributed by atoms with E-state index < -0.39 is 6.10 Å². The molecule has 1 atom stereocenters. The van der Waals surface area contributed by atoms with Crippen LogP contribution in [0.2, 0.25) is 0 Å². The van der Waals surface area contributed by atoms with Gasteiger partial charge in [-0.25, -0.2) is 0 Å². The van der Waals surface area contributed by atoms with Crippen molar-refractivity contribution in [2.45, 2.75) is 13.0 Å². The van der Waals surface area contributed by atoms with Crippen molar-refractivity contribution in [1.29, 1.82) is 0 Å². The second-order valence-electron chi connectivity index (χ2n) is 3.37. The summed E-state index contributed by atoms with van der Waals surface area (Å²) >= 11 is 0. The standard InChI is InChI=1S/C11H16O4/c1-8-3-4-10(5-11(8)13)15-7-9(12)6-14-2/h3-5,9,12-13H,6-7H2,1-2H3. The first-order chi connectivity index (χ1) is 7.13. The van der Waals surface area contributed by atoms with E-state index >= 15 is 0 Å². The van der Waals surface area contributed by atoms with Crippen LogP contribution < -0.4 is 4.74 Å². The summed E-state index contributed by atoms with van der Waals surface area (Å²) < 4.78 is 10.0. The Morgan fingerprint density at radius 3 is 2.67 bits per heavy atom. The lowest BCUT2D eigenvalue weighted by molar-refractivity contribution is 0.0325. The van der Waals surface area contributed by atoms with Crippen LogP contribution in [0.15, 0.2) is 18.2 Å². The Balaban J connectivity index is 2.47. The predicted molar refractivity (Wildman–Crippen MR) is 56.2 cm³/mol. The third-order valence-electron chi connectivity index (χ3n) is 1.98. The van der Waals surface area contributed by atoms with Crippen molar-refractivity contribution >= 4 is 0 Å². The molecule has 0 amide bonds. The number of hydrogen-bond donors (Lipinski definition) is 2. The molecule has 0 aliphatic carbocycles. The third-order valence-corrected chi connectivity index (χ3v) is 1.98. The molecule has 4 nitrogen and oxygen atoms in total. The number of aliphatic hydroxyl groups is 1. The molecule has 0 bridgehead atoms. The van der Waals surface area contributed by atoms with E-state index in [1.54, 1.807) is 19.1 Å². The van der Waals surface area contributed by atoms with Crippen molar-refractivity contribution < 1.29 is 19.7 Å². The van der Waals surface area contributed by atoms with E-state index in [1.165, 1.54) is 13.2 Å². The number of aliphatic hydroxyl groups excluding tert-OH is 1. The van der Waals surface area contributed by atoms with Crippen molar-refractivity contribution in [3.63, 3.8) is 0 Å². The minimum atomic E-state index is -0.654. The van der Waals surface area contributed by atoms with Gasteiger partial charge in [0.2, 0.25) is 0 Å². The van der Waals surface area contributed by atoms with Gasteiger partial charge >= 0.3 is 0 Å². The molecular formula is C11H16O4. The quantitative estimate of drug-likeness (QED) is 0.767. The summed E-state index contributed by atoms with van der Waals surface area (Å²) in [6.07, 6.45) is -0.654. The highest BCUT2D eigenvalue weighted by molar-refractivity contribution is 5.38.